The molecule has 0 bridgehead atoms. The lowest BCUT2D eigenvalue weighted by atomic mass is 10.1. The second-order valence-corrected chi connectivity index (χ2v) is 6.63. The molecule has 3 nitrogen and oxygen atoms in total. The molecule has 1 aromatic heterocycles. The molecule has 1 saturated carbocycles. The Kier molecular flexibility index (Phi) is 4.56. The monoisotopic (exact) mass is 284 g/mol. The number of nitrogen functional groups attached to an aromatic ring is 1. The minimum Gasteiger partial charge on any atom is -0.396 e. The highest BCUT2D eigenvalue weighted by atomic mass is 32.2. The van der Waals surface area contributed by atoms with Gasteiger partial charge >= 0.3 is 0 Å². The van der Waals surface area contributed by atoms with Crippen LogP contribution >= 0.6 is 23.1 Å². The maximum absolute atomic E-state index is 11.5. The van der Waals surface area contributed by atoms with Gasteiger partial charge in [0.25, 0.3) is 0 Å². The molecular weight excluding hydrogens is 264 g/mol. The molecule has 1 fully saturated rings. The SMILES string of the molecule is CSc1c(NCC2CCCC2)sc(C(C)=O)c1N. The summed E-state index contributed by atoms with van der Waals surface area (Å²) in [6.07, 6.45) is 7.35. The Morgan fingerprint density at radius 2 is 2.17 bits per heavy atom. The van der Waals surface area contributed by atoms with Crippen molar-refractivity contribution >= 4 is 39.6 Å². The van der Waals surface area contributed by atoms with Gasteiger partial charge in [0.1, 0.15) is 5.00 Å². The first-order valence-electron chi connectivity index (χ1n) is 6.34. The van der Waals surface area contributed by atoms with Crippen LogP contribution in [0.25, 0.3) is 0 Å². The Morgan fingerprint density at radius 1 is 1.50 bits per heavy atom. The molecule has 2 rings (SSSR count). The lowest BCUT2D eigenvalue weighted by molar-refractivity contribution is 0.102. The average molecular weight is 284 g/mol. The molecule has 0 aromatic carbocycles. The van der Waals surface area contributed by atoms with E-state index in [9.17, 15) is 4.79 Å². The van der Waals surface area contributed by atoms with Crippen molar-refractivity contribution in [3.8, 4) is 0 Å². The van der Waals surface area contributed by atoms with Gasteiger partial charge in [-0.25, -0.2) is 0 Å². The summed E-state index contributed by atoms with van der Waals surface area (Å²) in [5.74, 6) is 0.838. The highest BCUT2D eigenvalue weighted by Crippen LogP contribution is 2.42. The molecule has 3 N–H and O–H groups in total. The van der Waals surface area contributed by atoms with Crippen molar-refractivity contribution in [1.29, 1.82) is 0 Å². The van der Waals surface area contributed by atoms with Gasteiger partial charge in [-0.2, -0.15) is 0 Å². The Balaban J connectivity index is 2.10. The van der Waals surface area contributed by atoms with E-state index in [0.29, 0.717) is 10.6 Å². The predicted molar refractivity (Wildman–Crippen MR) is 81.0 cm³/mol. The standard InChI is InChI=1S/C13H20N2OS2/c1-8(16)11-10(14)12(17-2)13(18-11)15-7-9-5-3-4-6-9/h9,15H,3-7,14H2,1-2H3. The molecule has 1 aliphatic carbocycles. The second kappa shape index (κ2) is 5.97. The van der Waals surface area contributed by atoms with Crippen LogP contribution in [0.3, 0.4) is 0 Å². The number of thiophene rings is 1. The highest BCUT2D eigenvalue weighted by Gasteiger charge is 2.20. The zero-order valence-corrected chi connectivity index (χ0v) is 12.5. The number of thioether (sulfide) groups is 1. The summed E-state index contributed by atoms with van der Waals surface area (Å²) in [7, 11) is 0. The molecule has 0 radical (unpaired) electrons. The smallest absolute Gasteiger partial charge is 0.171 e. The summed E-state index contributed by atoms with van der Waals surface area (Å²) in [5.41, 5.74) is 6.68. The molecule has 1 heterocycles. The Bertz CT molecular complexity index is 436. The quantitative estimate of drug-likeness (QED) is 0.637. The van der Waals surface area contributed by atoms with Crippen LogP contribution in [0.2, 0.25) is 0 Å². The van der Waals surface area contributed by atoms with E-state index in [0.717, 1.165) is 22.4 Å². The summed E-state index contributed by atoms with van der Waals surface area (Å²) in [6.45, 7) is 2.58. The van der Waals surface area contributed by atoms with E-state index in [4.69, 9.17) is 5.73 Å². The zero-order valence-electron chi connectivity index (χ0n) is 10.9. The fraction of sp³-hybridized carbons (Fsp3) is 0.615. The van der Waals surface area contributed by atoms with Crippen molar-refractivity contribution in [2.45, 2.75) is 37.5 Å². The Labute approximate surface area is 117 Å². The van der Waals surface area contributed by atoms with E-state index >= 15 is 0 Å². The average Bonchev–Trinajstić information content (AvgIpc) is 2.93. The first-order valence-corrected chi connectivity index (χ1v) is 8.38. The van der Waals surface area contributed by atoms with Crippen molar-refractivity contribution < 1.29 is 4.79 Å². The number of nitrogens with two attached hydrogens (primary N) is 1. The summed E-state index contributed by atoms with van der Waals surface area (Å²) in [6, 6.07) is 0. The molecule has 0 aliphatic heterocycles. The van der Waals surface area contributed by atoms with Gasteiger partial charge in [-0.15, -0.1) is 23.1 Å². The molecule has 5 heteroatoms. The number of Topliss-reactive ketones (excluding diaryl/α,β-unsaturated/α-hetero) is 1. The van der Waals surface area contributed by atoms with Crippen LogP contribution in [0.15, 0.2) is 4.90 Å². The van der Waals surface area contributed by atoms with E-state index < -0.39 is 0 Å². The van der Waals surface area contributed by atoms with Crippen LogP contribution in [0.4, 0.5) is 10.7 Å². The molecule has 0 spiro atoms. The van der Waals surface area contributed by atoms with E-state index in [2.05, 4.69) is 5.32 Å². The number of hydrogen-bond donors (Lipinski definition) is 2. The van der Waals surface area contributed by atoms with E-state index in [1.807, 2.05) is 6.26 Å². The van der Waals surface area contributed by atoms with Gasteiger partial charge < -0.3 is 11.1 Å². The topological polar surface area (TPSA) is 55.1 Å². The molecule has 100 valence electrons. The maximum atomic E-state index is 11.5. The molecule has 18 heavy (non-hydrogen) atoms. The third-order valence-electron chi connectivity index (χ3n) is 3.45. The first kappa shape index (κ1) is 13.7. The van der Waals surface area contributed by atoms with Gasteiger partial charge in [0, 0.05) is 13.5 Å². The van der Waals surface area contributed by atoms with Crippen molar-refractivity contribution in [3.63, 3.8) is 0 Å². The van der Waals surface area contributed by atoms with Crippen molar-refractivity contribution in [2.24, 2.45) is 5.92 Å². The van der Waals surface area contributed by atoms with Crippen LogP contribution in [-0.4, -0.2) is 18.6 Å². The molecule has 0 saturated heterocycles. The third kappa shape index (κ3) is 2.83. The van der Waals surface area contributed by atoms with Gasteiger partial charge in [-0.3, -0.25) is 4.79 Å². The number of hydrogen-bond acceptors (Lipinski definition) is 5. The van der Waals surface area contributed by atoms with E-state index in [-0.39, 0.29) is 5.78 Å². The third-order valence-corrected chi connectivity index (χ3v) is 5.68. The molecule has 0 atom stereocenters. The minimum absolute atomic E-state index is 0.0571. The normalized spacial score (nSPS) is 16.1. The first-order chi connectivity index (χ1) is 8.63. The van der Waals surface area contributed by atoms with E-state index in [1.165, 1.54) is 37.0 Å². The van der Waals surface area contributed by atoms with Crippen LogP contribution in [-0.2, 0) is 0 Å². The fourth-order valence-corrected chi connectivity index (χ4v) is 4.40. The van der Waals surface area contributed by atoms with Gasteiger partial charge in [0.2, 0.25) is 0 Å². The number of rotatable bonds is 5. The molecular formula is C13H20N2OS2. The van der Waals surface area contributed by atoms with Gasteiger partial charge in [0.15, 0.2) is 5.78 Å². The summed E-state index contributed by atoms with van der Waals surface area (Å²) >= 11 is 3.11. The van der Waals surface area contributed by atoms with Crippen molar-refractivity contribution in [1.82, 2.24) is 0 Å². The number of anilines is 2. The lowest BCUT2D eigenvalue weighted by Gasteiger charge is -2.11. The van der Waals surface area contributed by atoms with Gasteiger partial charge in [-0.1, -0.05) is 12.8 Å². The van der Waals surface area contributed by atoms with Crippen molar-refractivity contribution in [2.75, 3.05) is 23.9 Å². The number of carbonyl (C=O) groups excluding carboxylic acids is 1. The largest absolute Gasteiger partial charge is 0.396 e. The zero-order chi connectivity index (χ0) is 13.1. The highest BCUT2D eigenvalue weighted by molar-refractivity contribution is 7.99. The van der Waals surface area contributed by atoms with E-state index in [1.54, 1.807) is 18.7 Å². The second-order valence-electron chi connectivity index (χ2n) is 4.79. The van der Waals surface area contributed by atoms with Crippen LogP contribution in [0.1, 0.15) is 42.3 Å². The fourth-order valence-electron chi connectivity index (χ4n) is 2.46. The van der Waals surface area contributed by atoms with Gasteiger partial charge in [0.05, 0.1) is 15.5 Å². The summed E-state index contributed by atoms with van der Waals surface area (Å²) in [4.78, 5) is 13.2. The molecule has 1 aliphatic rings. The van der Waals surface area contributed by atoms with Crippen LogP contribution in [0.5, 0.6) is 0 Å². The summed E-state index contributed by atoms with van der Waals surface area (Å²) < 4.78 is 0. The lowest BCUT2D eigenvalue weighted by Crippen LogP contribution is -2.10. The Morgan fingerprint density at radius 3 is 2.72 bits per heavy atom. The molecule has 1 aromatic rings. The molecule has 0 unspecified atom stereocenters. The van der Waals surface area contributed by atoms with Crippen LogP contribution < -0.4 is 11.1 Å². The maximum Gasteiger partial charge on any atom is 0.171 e. The van der Waals surface area contributed by atoms with Crippen LogP contribution in [0, 0.1) is 5.92 Å². The van der Waals surface area contributed by atoms with Gasteiger partial charge in [-0.05, 0) is 25.0 Å². The molecule has 0 amide bonds. The predicted octanol–water partition coefficient (Wildman–Crippen LogP) is 3.86. The minimum atomic E-state index is 0.0571. The van der Waals surface area contributed by atoms with Crippen molar-refractivity contribution in [3.05, 3.63) is 4.88 Å². The summed E-state index contributed by atoms with van der Waals surface area (Å²) in [5, 5.41) is 4.55. The number of carbonyl (C=O) groups is 1. The Hall–Kier alpha value is -0.680. The number of ketones is 1. The number of nitrogens with one attached hydrogen (secondary N) is 1.